The third-order valence-electron chi connectivity index (χ3n) is 4.97. The highest BCUT2D eigenvalue weighted by molar-refractivity contribution is 7.99. The van der Waals surface area contributed by atoms with Crippen molar-refractivity contribution >= 4 is 35.0 Å². The van der Waals surface area contributed by atoms with Crippen LogP contribution in [0.25, 0.3) is 5.69 Å². The first-order valence-corrected chi connectivity index (χ1v) is 10.9. The van der Waals surface area contributed by atoms with Crippen molar-refractivity contribution in [1.29, 1.82) is 0 Å². The van der Waals surface area contributed by atoms with Crippen molar-refractivity contribution in [3.05, 3.63) is 54.4 Å². The third kappa shape index (κ3) is 4.72. The molecule has 0 bridgehead atoms. The lowest BCUT2D eigenvalue weighted by Crippen LogP contribution is -2.23. The highest BCUT2D eigenvalue weighted by Crippen LogP contribution is 2.26. The van der Waals surface area contributed by atoms with Gasteiger partial charge >= 0.3 is 0 Å². The van der Waals surface area contributed by atoms with E-state index in [1.165, 1.54) is 11.8 Å². The summed E-state index contributed by atoms with van der Waals surface area (Å²) in [6, 6.07) is 14.9. The molecule has 3 aromatic rings. The van der Waals surface area contributed by atoms with E-state index < -0.39 is 0 Å². The molecule has 2 heterocycles. The van der Waals surface area contributed by atoms with Crippen molar-refractivity contribution in [2.24, 2.45) is 0 Å². The SMILES string of the molecule is COc1ccc(-n2c(C)nnc2SCC(=O)Nc2cccc(N3CCCC3=O)c2)cc1. The monoisotopic (exact) mass is 437 g/mol. The standard InChI is InChI=1S/C22H23N5O3S/c1-15-24-25-22(27(15)17-8-10-19(30-2)11-9-17)31-14-20(28)23-16-5-3-6-18(13-16)26-12-4-7-21(26)29/h3,5-6,8-11,13H,4,7,12,14H2,1-2H3,(H,23,28). The zero-order chi connectivity index (χ0) is 21.8. The number of benzene rings is 2. The largest absolute Gasteiger partial charge is 0.497 e. The molecule has 4 rings (SSSR count). The zero-order valence-corrected chi connectivity index (χ0v) is 18.2. The van der Waals surface area contributed by atoms with Crippen molar-refractivity contribution in [3.63, 3.8) is 0 Å². The maximum absolute atomic E-state index is 12.5. The Labute approximate surface area is 184 Å². The molecule has 1 saturated heterocycles. The van der Waals surface area contributed by atoms with Crippen molar-refractivity contribution in [1.82, 2.24) is 14.8 Å². The molecule has 2 amide bonds. The molecule has 1 aromatic heterocycles. The molecule has 0 radical (unpaired) electrons. The summed E-state index contributed by atoms with van der Waals surface area (Å²) in [5.41, 5.74) is 2.37. The van der Waals surface area contributed by atoms with Crippen LogP contribution in [-0.2, 0) is 9.59 Å². The van der Waals surface area contributed by atoms with Crippen LogP contribution in [0.3, 0.4) is 0 Å². The van der Waals surface area contributed by atoms with Gasteiger partial charge in [0, 0.05) is 30.0 Å². The van der Waals surface area contributed by atoms with E-state index >= 15 is 0 Å². The van der Waals surface area contributed by atoms with Gasteiger partial charge in [-0.1, -0.05) is 17.8 Å². The Hall–Kier alpha value is -3.33. The van der Waals surface area contributed by atoms with Gasteiger partial charge in [-0.05, 0) is 55.8 Å². The predicted octanol–water partition coefficient (Wildman–Crippen LogP) is 3.44. The number of hydrogen-bond donors (Lipinski definition) is 1. The van der Waals surface area contributed by atoms with Crippen molar-refractivity contribution in [3.8, 4) is 11.4 Å². The first-order valence-electron chi connectivity index (χ1n) is 9.94. The number of amides is 2. The number of carbonyl (C=O) groups is 2. The Bertz CT molecular complexity index is 1100. The number of carbonyl (C=O) groups excluding carboxylic acids is 2. The fourth-order valence-electron chi connectivity index (χ4n) is 3.46. The zero-order valence-electron chi connectivity index (χ0n) is 17.4. The molecule has 0 spiro atoms. The van der Waals surface area contributed by atoms with Crippen molar-refractivity contribution in [2.45, 2.75) is 24.9 Å². The molecule has 1 N–H and O–H groups in total. The number of anilines is 2. The summed E-state index contributed by atoms with van der Waals surface area (Å²) >= 11 is 1.31. The maximum Gasteiger partial charge on any atom is 0.234 e. The summed E-state index contributed by atoms with van der Waals surface area (Å²) < 4.78 is 7.11. The number of nitrogens with zero attached hydrogens (tertiary/aromatic N) is 4. The fraction of sp³-hybridized carbons (Fsp3) is 0.273. The maximum atomic E-state index is 12.5. The van der Waals surface area contributed by atoms with Gasteiger partial charge in [-0.25, -0.2) is 0 Å². The van der Waals surface area contributed by atoms with E-state index in [9.17, 15) is 9.59 Å². The summed E-state index contributed by atoms with van der Waals surface area (Å²) in [6.07, 6.45) is 1.43. The van der Waals surface area contributed by atoms with Gasteiger partial charge < -0.3 is 15.0 Å². The van der Waals surface area contributed by atoms with Crippen LogP contribution < -0.4 is 15.0 Å². The molecule has 0 atom stereocenters. The summed E-state index contributed by atoms with van der Waals surface area (Å²) in [4.78, 5) is 26.3. The second-order valence-corrected chi connectivity index (χ2v) is 8.04. The molecule has 1 aliphatic heterocycles. The van der Waals surface area contributed by atoms with E-state index in [1.54, 1.807) is 12.0 Å². The van der Waals surface area contributed by atoms with Crippen LogP contribution >= 0.6 is 11.8 Å². The van der Waals surface area contributed by atoms with Gasteiger partial charge in [0.15, 0.2) is 5.16 Å². The normalized spacial score (nSPS) is 13.5. The predicted molar refractivity (Wildman–Crippen MR) is 120 cm³/mol. The quantitative estimate of drug-likeness (QED) is 0.570. The van der Waals surface area contributed by atoms with Gasteiger partial charge in [0.2, 0.25) is 11.8 Å². The number of methoxy groups -OCH3 is 1. The Morgan fingerprint density at radius 3 is 2.68 bits per heavy atom. The van der Waals surface area contributed by atoms with E-state index in [2.05, 4.69) is 15.5 Å². The summed E-state index contributed by atoms with van der Waals surface area (Å²) in [5, 5.41) is 11.9. The number of hydrogen-bond acceptors (Lipinski definition) is 6. The van der Waals surface area contributed by atoms with Crippen LogP contribution in [0.15, 0.2) is 53.7 Å². The second kappa shape index (κ2) is 9.22. The highest BCUT2D eigenvalue weighted by atomic mass is 32.2. The minimum atomic E-state index is -0.156. The molecule has 160 valence electrons. The number of rotatable bonds is 7. The number of ether oxygens (including phenoxy) is 1. The number of aromatic nitrogens is 3. The molecule has 0 saturated carbocycles. The third-order valence-corrected chi connectivity index (χ3v) is 5.90. The van der Waals surface area contributed by atoms with E-state index in [0.717, 1.165) is 29.4 Å². The lowest BCUT2D eigenvalue weighted by atomic mass is 10.2. The fourth-order valence-corrected chi connectivity index (χ4v) is 4.26. The Balaban J connectivity index is 1.41. The molecule has 31 heavy (non-hydrogen) atoms. The number of thioether (sulfide) groups is 1. The van der Waals surface area contributed by atoms with Crippen LogP contribution in [-0.4, -0.2) is 46.0 Å². The van der Waals surface area contributed by atoms with Gasteiger partial charge in [0.05, 0.1) is 12.9 Å². The van der Waals surface area contributed by atoms with E-state index in [1.807, 2.05) is 60.0 Å². The van der Waals surface area contributed by atoms with Crippen LogP contribution in [0.1, 0.15) is 18.7 Å². The van der Waals surface area contributed by atoms with Crippen LogP contribution in [0.5, 0.6) is 5.75 Å². The van der Waals surface area contributed by atoms with Gasteiger partial charge in [-0.3, -0.25) is 14.2 Å². The number of nitrogens with one attached hydrogen (secondary N) is 1. The van der Waals surface area contributed by atoms with E-state index in [4.69, 9.17) is 4.74 Å². The first-order chi connectivity index (χ1) is 15.0. The lowest BCUT2D eigenvalue weighted by Gasteiger charge is -2.16. The molecule has 8 nitrogen and oxygen atoms in total. The minimum absolute atomic E-state index is 0.118. The van der Waals surface area contributed by atoms with Crippen LogP contribution in [0.4, 0.5) is 11.4 Å². The Kier molecular flexibility index (Phi) is 6.22. The van der Waals surface area contributed by atoms with Gasteiger partial charge in [-0.2, -0.15) is 0 Å². The molecular weight excluding hydrogens is 414 g/mol. The summed E-state index contributed by atoms with van der Waals surface area (Å²) in [7, 11) is 1.62. The second-order valence-electron chi connectivity index (χ2n) is 7.10. The van der Waals surface area contributed by atoms with Gasteiger partial charge in [-0.15, -0.1) is 10.2 Å². The van der Waals surface area contributed by atoms with Gasteiger partial charge in [0.1, 0.15) is 11.6 Å². The molecule has 1 aliphatic rings. The van der Waals surface area contributed by atoms with E-state index in [0.29, 0.717) is 23.8 Å². The van der Waals surface area contributed by atoms with Crippen LogP contribution in [0.2, 0.25) is 0 Å². The average Bonchev–Trinajstić information content (AvgIpc) is 3.37. The van der Waals surface area contributed by atoms with Gasteiger partial charge in [0.25, 0.3) is 0 Å². The highest BCUT2D eigenvalue weighted by Gasteiger charge is 2.22. The van der Waals surface area contributed by atoms with E-state index in [-0.39, 0.29) is 17.6 Å². The lowest BCUT2D eigenvalue weighted by molar-refractivity contribution is -0.117. The summed E-state index contributed by atoms with van der Waals surface area (Å²) in [6.45, 7) is 2.58. The Morgan fingerprint density at radius 2 is 1.97 bits per heavy atom. The number of aryl methyl sites for hydroxylation is 1. The summed E-state index contributed by atoms with van der Waals surface area (Å²) in [5.74, 6) is 1.64. The molecule has 1 fully saturated rings. The molecule has 2 aromatic carbocycles. The first kappa shape index (κ1) is 20.9. The van der Waals surface area contributed by atoms with Crippen molar-refractivity contribution < 1.29 is 14.3 Å². The minimum Gasteiger partial charge on any atom is -0.497 e. The molecule has 0 unspecified atom stereocenters. The molecule has 0 aliphatic carbocycles. The smallest absolute Gasteiger partial charge is 0.234 e. The van der Waals surface area contributed by atoms with Crippen LogP contribution in [0, 0.1) is 6.92 Å². The Morgan fingerprint density at radius 1 is 1.16 bits per heavy atom. The molecule has 9 heteroatoms. The topological polar surface area (TPSA) is 89.3 Å². The average molecular weight is 438 g/mol. The molecular formula is C22H23N5O3S. The van der Waals surface area contributed by atoms with Crippen molar-refractivity contribution in [2.75, 3.05) is 29.6 Å².